The number of aryl methyl sites for hydroxylation is 1. The lowest BCUT2D eigenvalue weighted by atomic mass is 10.00. The maximum atomic E-state index is 12.0. The minimum atomic E-state index is -2.80. The van der Waals surface area contributed by atoms with Gasteiger partial charge in [-0.15, -0.1) is 0 Å². The van der Waals surface area contributed by atoms with Gasteiger partial charge in [0.15, 0.2) is 0 Å². The molecule has 2 nitrogen and oxygen atoms in total. The SMILES string of the molecule is NC(CCc1ccccc1)c1ccc(OC(F)F)cc1. The van der Waals surface area contributed by atoms with Gasteiger partial charge in [-0.25, -0.2) is 0 Å². The van der Waals surface area contributed by atoms with Crippen molar-refractivity contribution < 1.29 is 13.5 Å². The number of rotatable bonds is 6. The van der Waals surface area contributed by atoms with Gasteiger partial charge >= 0.3 is 6.61 Å². The Morgan fingerprint density at radius 1 is 0.950 bits per heavy atom. The van der Waals surface area contributed by atoms with E-state index in [0.29, 0.717) is 0 Å². The van der Waals surface area contributed by atoms with Crippen LogP contribution >= 0.6 is 0 Å². The summed E-state index contributed by atoms with van der Waals surface area (Å²) in [5.41, 5.74) is 8.26. The van der Waals surface area contributed by atoms with Gasteiger partial charge in [0.25, 0.3) is 0 Å². The first-order chi connectivity index (χ1) is 9.65. The smallest absolute Gasteiger partial charge is 0.387 e. The molecule has 106 valence electrons. The van der Waals surface area contributed by atoms with Crippen molar-refractivity contribution in [2.45, 2.75) is 25.5 Å². The van der Waals surface area contributed by atoms with Crippen LogP contribution in [-0.4, -0.2) is 6.61 Å². The highest BCUT2D eigenvalue weighted by Crippen LogP contribution is 2.21. The van der Waals surface area contributed by atoms with Crippen molar-refractivity contribution in [2.24, 2.45) is 5.73 Å². The van der Waals surface area contributed by atoms with Gasteiger partial charge in [-0.1, -0.05) is 42.5 Å². The third-order valence-corrected chi connectivity index (χ3v) is 3.12. The molecule has 0 radical (unpaired) electrons. The Kier molecular flexibility index (Phi) is 5.07. The third-order valence-electron chi connectivity index (χ3n) is 3.12. The highest BCUT2D eigenvalue weighted by molar-refractivity contribution is 5.29. The number of nitrogens with two attached hydrogens (primary N) is 1. The Morgan fingerprint density at radius 2 is 1.60 bits per heavy atom. The molecule has 0 saturated carbocycles. The summed E-state index contributed by atoms with van der Waals surface area (Å²) in [6, 6.07) is 16.5. The number of benzene rings is 2. The first-order valence-electron chi connectivity index (χ1n) is 6.49. The van der Waals surface area contributed by atoms with Crippen LogP contribution in [0.3, 0.4) is 0 Å². The molecule has 0 aliphatic carbocycles. The van der Waals surface area contributed by atoms with Gasteiger partial charge in [0.2, 0.25) is 0 Å². The number of hydrogen-bond donors (Lipinski definition) is 1. The molecule has 0 heterocycles. The molecular weight excluding hydrogens is 260 g/mol. The highest BCUT2D eigenvalue weighted by Gasteiger charge is 2.08. The minimum absolute atomic E-state index is 0.115. The predicted molar refractivity (Wildman–Crippen MR) is 74.8 cm³/mol. The fourth-order valence-corrected chi connectivity index (χ4v) is 2.03. The van der Waals surface area contributed by atoms with Gasteiger partial charge < -0.3 is 10.5 Å². The van der Waals surface area contributed by atoms with Crippen molar-refractivity contribution in [1.29, 1.82) is 0 Å². The summed E-state index contributed by atoms with van der Waals surface area (Å²) in [6.07, 6.45) is 1.69. The Balaban J connectivity index is 1.90. The summed E-state index contributed by atoms with van der Waals surface area (Å²) < 4.78 is 28.4. The average molecular weight is 277 g/mol. The zero-order valence-corrected chi connectivity index (χ0v) is 11.0. The lowest BCUT2D eigenvalue weighted by Crippen LogP contribution is -2.11. The quantitative estimate of drug-likeness (QED) is 0.868. The van der Waals surface area contributed by atoms with Crippen molar-refractivity contribution in [2.75, 3.05) is 0 Å². The maximum absolute atomic E-state index is 12.0. The molecule has 0 amide bonds. The van der Waals surface area contributed by atoms with E-state index in [1.807, 2.05) is 18.2 Å². The molecule has 0 aliphatic heterocycles. The second-order valence-electron chi connectivity index (χ2n) is 4.58. The molecule has 0 fully saturated rings. The summed E-state index contributed by atoms with van der Waals surface area (Å²) >= 11 is 0. The molecule has 2 aromatic rings. The molecule has 1 unspecified atom stereocenters. The van der Waals surface area contributed by atoms with Gasteiger partial charge in [-0.3, -0.25) is 0 Å². The standard InChI is InChI=1S/C16H17F2NO/c17-16(18)20-14-9-7-13(8-10-14)15(19)11-6-12-4-2-1-3-5-12/h1-5,7-10,15-16H,6,11,19H2. The van der Waals surface area contributed by atoms with Gasteiger partial charge in [0.05, 0.1) is 0 Å². The van der Waals surface area contributed by atoms with Crippen LogP contribution in [-0.2, 0) is 6.42 Å². The Labute approximate surface area is 117 Å². The summed E-state index contributed by atoms with van der Waals surface area (Å²) in [4.78, 5) is 0. The molecule has 0 spiro atoms. The van der Waals surface area contributed by atoms with Crippen molar-refractivity contribution in [3.63, 3.8) is 0 Å². The number of alkyl halides is 2. The molecule has 0 aromatic heterocycles. The van der Waals surface area contributed by atoms with Crippen molar-refractivity contribution in [1.82, 2.24) is 0 Å². The van der Waals surface area contributed by atoms with Gasteiger partial charge in [0.1, 0.15) is 5.75 Å². The number of hydrogen-bond acceptors (Lipinski definition) is 2. The van der Waals surface area contributed by atoms with Crippen LogP contribution in [0.2, 0.25) is 0 Å². The molecule has 2 N–H and O–H groups in total. The minimum Gasteiger partial charge on any atom is -0.435 e. The van der Waals surface area contributed by atoms with Crippen LogP contribution < -0.4 is 10.5 Å². The average Bonchev–Trinajstić information content (AvgIpc) is 2.46. The fraction of sp³-hybridized carbons (Fsp3) is 0.250. The topological polar surface area (TPSA) is 35.2 Å². The van der Waals surface area contributed by atoms with Crippen molar-refractivity contribution in [3.05, 3.63) is 65.7 Å². The first-order valence-corrected chi connectivity index (χ1v) is 6.49. The molecule has 1 atom stereocenters. The molecule has 0 bridgehead atoms. The summed E-state index contributed by atoms with van der Waals surface area (Å²) in [5, 5.41) is 0. The highest BCUT2D eigenvalue weighted by atomic mass is 19.3. The van der Waals surface area contributed by atoms with Crippen LogP contribution in [0.4, 0.5) is 8.78 Å². The zero-order valence-electron chi connectivity index (χ0n) is 11.0. The van der Waals surface area contributed by atoms with Gasteiger partial charge in [-0.2, -0.15) is 8.78 Å². The molecule has 4 heteroatoms. The Hall–Kier alpha value is -1.94. The van der Waals surface area contributed by atoms with E-state index < -0.39 is 6.61 Å². The zero-order chi connectivity index (χ0) is 14.4. The van der Waals surface area contributed by atoms with E-state index in [2.05, 4.69) is 16.9 Å². The maximum Gasteiger partial charge on any atom is 0.387 e. The number of halogens is 2. The predicted octanol–water partition coefficient (Wildman–Crippen LogP) is 3.92. The normalized spacial score (nSPS) is 12.4. The number of ether oxygens (including phenoxy) is 1. The van der Waals surface area contributed by atoms with E-state index in [1.54, 1.807) is 12.1 Å². The first kappa shape index (κ1) is 14.5. The van der Waals surface area contributed by atoms with E-state index in [4.69, 9.17) is 5.73 Å². The summed E-state index contributed by atoms with van der Waals surface area (Å²) in [7, 11) is 0. The summed E-state index contributed by atoms with van der Waals surface area (Å²) in [6.45, 7) is -2.80. The Morgan fingerprint density at radius 3 is 2.20 bits per heavy atom. The van der Waals surface area contributed by atoms with Crippen LogP contribution in [0.5, 0.6) is 5.75 Å². The van der Waals surface area contributed by atoms with Crippen molar-refractivity contribution in [3.8, 4) is 5.75 Å². The van der Waals surface area contributed by atoms with E-state index in [1.165, 1.54) is 17.7 Å². The second-order valence-corrected chi connectivity index (χ2v) is 4.58. The van der Waals surface area contributed by atoms with Crippen molar-refractivity contribution >= 4 is 0 Å². The van der Waals surface area contributed by atoms with Crippen LogP contribution in [0.15, 0.2) is 54.6 Å². The second kappa shape index (κ2) is 7.01. The van der Waals surface area contributed by atoms with Crippen LogP contribution in [0.25, 0.3) is 0 Å². The molecule has 0 aliphatic rings. The van der Waals surface area contributed by atoms with Gasteiger partial charge in [0, 0.05) is 6.04 Å². The molecule has 0 saturated heterocycles. The van der Waals surface area contributed by atoms with E-state index in [9.17, 15) is 8.78 Å². The Bertz CT molecular complexity index is 514. The molecule has 20 heavy (non-hydrogen) atoms. The fourth-order valence-electron chi connectivity index (χ4n) is 2.03. The van der Waals surface area contributed by atoms with E-state index in [-0.39, 0.29) is 11.8 Å². The van der Waals surface area contributed by atoms with Gasteiger partial charge in [-0.05, 0) is 36.1 Å². The molecule has 2 rings (SSSR count). The summed E-state index contributed by atoms with van der Waals surface area (Å²) in [5.74, 6) is 0.152. The largest absolute Gasteiger partial charge is 0.435 e. The lowest BCUT2D eigenvalue weighted by molar-refractivity contribution is -0.0498. The van der Waals surface area contributed by atoms with E-state index >= 15 is 0 Å². The van der Waals surface area contributed by atoms with E-state index in [0.717, 1.165) is 18.4 Å². The molecular formula is C16H17F2NO. The third kappa shape index (κ3) is 4.31. The molecule has 2 aromatic carbocycles. The lowest BCUT2D eigenvalue weighted by Gasteiger charge is -2.13. The van der Waals surface area contributed by atoms with Crippen LogP contribution in [0, 0.1) is 0 Å². The van der Waals surface area contributed by atoms with Crippen LogP contribution in [0.1, 0.15) is 23.6 Å². The monoisotopic (exact) mass is 277 g/mol.